The van der Waals surface area contributed by atoms with E-state index < -0.39 is 6.03 Å². The topological polar surface area (TPSA) is 75.4 Å². The number of carbonyl (C=O) groups is 1. The Morgan fingerprint density at radius 3 is 3.13 bits per heavy atom. The highest BCUT2D eigenvalue weighted by molar-refractivity contribution is 7.10. The molecule has 0 saturated heterocycles. The molecule has 0 spiro atoms. The molecule has 1 rings (SSSR count). The molecule has 5 heteroatoms. The van der Waals surface area contributed by atoms with Gasteiger partial charge < -0.3 is 16.2 Å². The zero-order valence-electron chi connectivity index (χ0n) is 8.12. The Bertz CT molecular complexity index is 390. The van der Waals surface area contributed by atoms with Gasteiger partial charge in [-0.1, -0.05) is 11.8 Å². The van der Waals surface area contributed by atoms with E-state index in [1.807, 2.05) is 11.4 Å². The molecule has 0 atom stereocenters. The van der Waals surface area contributed by atoms with Crippen molar-refractivity contribution in [1.82, 2.24) is 5.32 Å². The lowest BCUT2D eigenvalue weighted by Crippen LogP contribution is -2.28. The van der Waals surface area contributed by atoms with Crippen LogP contribution >= 0.6 is 11.3 Å². The van der Waals surface area contributed by atoms with Crippen LogP contribution in [0.2, 0.25) is 0 Å². The third-order valence-electron chi connectivity index (χ3n) is 1.56. The second-order valence-corrected chi connectivity index (χ2v) is 3.79. The van der Waals surface area contributed by atoms with Gasteiger partial charge in [-0.05, 0) is 6.07 Å². The van der Waals surface area contributed by atoms with Gasteiger partial charge in [0.15, 0.2) is 0 Å². The largest absolute Gasteiger partial charge is 0.395 e. The van der Waals surface area contributed by atoms with Crippen molar-refractivity contribution in [3.8, 4) is 11.8 Å². The minimum absolute atomic E-state index is 0.0766. The SMILES string of the molecule is NC(=O)NCc1cc(C#CCCO)cs1. The van der Waals surface area contributed by atoms with E-state index in [-0.39, 0.29) is 6.61 Å². The van der Waals surface area contributed by atoms with Crippen LogP contribution in [0.3, 0.4) is 0 Å². The molecule has 4 N–H and O–H groups in total. The first-order valence-corrected chi connectivity index (χ1v) is 5.31. The number of amides is 2. The van der Waals surface area contributed by atoms with Gasteiger partial charge in [-0.3, -0.25) is 0 Å². The first-order chi connectivity index (χ1) is 7.22. The molecule has 0 aliphatic rings. The lowest BCUT2D eigenvalue weighted by Gasteiger charge is -1.96. The van der Waals surface area contributed by atoms with Crippen LogP contribution in [0.15, 0.2) is 11.4 Å². The number of hydrogen-bond acceptors (Lipinski definition) is 3. The Hall–Kier alpha value is -1.51. The van der Waals surface area contributed by atoms with Crippen molar-refractivity contribution >= 4 is 17.4 Å². The van der Waals surface area contributed by atoms with E-state index in [2.05, 4.69) is 17.2 Å². The fourth-order valence-electron chi connectivity index (χ4n) is 0.934. The van der Waals surface area contributed by atoms with Gasteiger partial charge in [-0.25, -0.2) is 4.79 Å². The lowest BCUT2D eigenvalue weighted by molar-refractivity contribution is 0.248. The van der Waals surface area contributed by atoms with Crippen molar-refractivity contribution in [2.75, 3.05) is 6.61 Å². The van der Waals surface area contributed by atoms with Gasteiger partial charge in [0.2, 0.25) is 0 Å². The van der Waals surface area contributed by atoms with Crippen LogP contribution in [-0.4, -0.2) is 17.7 Å². The first-order valence-electron chi connectivity index (χ1n) is 4.43. The van der Waals surface area contributed by atoms with Crippen molar-refractivity contribution in [3.05, 3.63) is 21.9 Å². The van der Waals surface area contributed by atoms with E-state index in [1.54, 1.807) is 0 Å². The number of nitrogens with two attached hydrogens (primary N) is 1. The highest BCUT2D eigenvalue weighted by atomic mass is 32.1. The zero-order chi connectivity index (χ0) is 11.1. The molecule has 0 radical (unpaired) electrons. The average molecular weight is 224 g/mol. The molecule has 0 bridgehead atoms. The molecule has 1 aromatic heterocycles. The fourth-order valence-corrected chi connectivity index (χ4v) is 1.69. The molecule has 80 valence electrons. The Balaban J connectivity index is 2.50. The number of primary amides is 1. The van der Waals surface area contributed by atoms with Gasteiger partial charge in [0.05, 0.1) is 13.2 Å². The molecule has 0 unspecified atom stereocenters. The number of urea groups is 1. The summed E-state index contributed by atoms with van der Waals surface area (Å²) in [6, 6.07) is 1.36. The summed E-state index contributed by atoms with van der Waals surface area (Å²) >= 11 is 1.51. The summed E-state index contributed by atoms with van der Waals surface area (Å²) in [7, 11) is 0. The molecule has 0 aromatic carbocycles. The minimum atomic E-state index is -0.531. The van der Waals surface area contributed by atoms with Crippen LogP contribution in [-0.2, 0) is 6.54 Å². The maximum atomic E-state index is 10.5. The summed E-state index contributed by atoms with van der Waals surface area (Å²) in [6.45, 7) is 0.509. The average Bonchev–Trinajstić information content (AvgIpc) is 2.63. The number of hydrogen-bond donors (Lipinski definition) is 3. The summed E-state index contributed by atoms with van der Waals surface area (Å²) in [5.41, 5.74) is 5.84. The van der Waals surface area contributed by atoms with Gasteiger partial charge in [0, 0.05) is 22.2 Å². The highest BCUT2D eigenvalue weighted by Crippen LogP contribution is 2.13. The first kappa shape index (κ1) is 11.6. The van der Waals surface area contributed by atoms with Crippen LogP contribution in [0.5, 0.6) is 0 Å². The molecule has 15 heavy (non-hydrogen) atoms. The van der Waals surface area contributed by atoms with E-state index in [9.17, 15) is 4.79 Å². The lowest BCUT2D eigenvalue weighted by atomic mass is 10.3. The van der Waals surface area contributed by atoms with Crippen LogP contribution in [0.25, 0.3) is 0 Å². The second-order valence-electron chi connectivity index (χ2n) is 2.79. The van der Waals surface area contributed by atoms with Crippen molar-refractivity contribution in [3.63, 3.8) is 0 Å². The van der Waals surface area contributed by atoms with Crippen LogP contribution in [0.4, 0.5) is 4.79 Å². The van der Waals surface area contributed by atoms with E-state index in [1.165, 1.54) is 11.3 Å². The fraction of sp³-hybridized carbons (Fsp3) is 0.300. The van der Waals surface area contributed by atoms with Crippen LogP contribution in [0, 0.1) is 11.8 Å². The third-order valence-corrected chi connectivity index (χ3v) is 2.50. The predicted octanol–water partition coefficient (Wildman–Crippen LogP) is 0.650. The number of carbonyl (C=O) groups excluding carboxylic acids is 1. The van der Waals surface area contributed by atoms with Crippen molar-refractivity contribution < 1.29 is 9.90 Å². The molecule has 4 nitrogen and oxygen atoms in total. The Morgan fingerprint density at radius 2 is 2.47 bits per heavy atom. The van der Waals surface area contributed by atoms with Gasteiger partial charge in [0.25, 0.3) is 0 Å². The van der Waals surface area contributed by atoms with E-state index in [0.717, 1.165) is 10.4 Å². The highest BCUT2D eigenvalue weighted by Gasteiger charge is 1.98. The van der Waals surface area contributed by atoms with Crippen LogP contribution < -0.4 is 11.1 Å². The van der Waals surface area contributed by atoms with E-state index in [4.69, 9.17) is 10.8 Å². The standard InChI is InChI=1S/C10H12N2O2S/c11-10(14)12-6-9-5-8(7-15-9)3-1-2-4-13/h5,7,13H,2,4,6H2,(H3,11,12,14). The normalized spacial score (nSPS) is 9.13. The van der Waals surface area contributed by atoms with Gasteiger partial charge in [-0.2, -0.15) is 0 Å². The van der Waals surface area contributed by atoms with Crippen molar-refractivity contribution in [2.45, 2.75) is 13.0 Å². The number of thiophene rings is 1. The molecule has 2 amide bonds. The third kappa shape index (κ3) is 4.49. The summed E-state index contributed by atoms with van der Waals surface area (Å²) in [4.78, 5) is 11.5. The molecule has 0 aliphatic heterocycles. The maximum Gasteiger partial charge on any atom is 0.312 e. The van der Waals surface area contributed by atoms with E-state index >= 15 is 0 Å². The summed E-state index contributed by atoms with van der Waals surface area (Å²) in [5.74, 6) is 5.73. The minimum Gasteiger partial charge on any atom is -0.395 e. The number of aliphatic hydroxyl groups excluding tert-OH is 1. The number of rotatable bonds is 3. The number of aliphatic hydroxyl groups is 1. The summed E-state index contributed by atoms with van der Waals surface area (Å²) in [5, 5.41) is 12.9. The summed E-state index contributed by atoms with van der Waals surface area (Å²) in [6.07, 6.45) is 0.477. The predicted molar refractivity (Wildman–Crippen MR) is 59.3 cm³/mol. The number of nitrogens with one attached hydrogen (secondary N) is 1. The quantitative estimate of drug-likeness (QED) is 0.659. The second kappa shape index (κ2) is 6.06. The molecule has 1 aromatic rings. The van der Waals surface area contributed by atoms with Gasteiger partial charge >= 0.3 is 6.03 Å². The van der Waals surface area contributed by atoms with Gasteiger partial charge in [-0.15, -0.1) is 11.3 Å². The van der Waals surface area contributed by atoms with Crippen molar-refractivity contribution in [1.29, 1.82) is 0 Å². The molecule has 0 saturated carbocycles. The molecular weight excluding hydrogens is 212 g/mol. The zero-order valence-corrected chi connectivity index (χ0v) is 8.93. The molecule has 0 aliphatic carbocycles. The van der Waals surface area contributed by atoms with E-state index in [0.29, 0.717) is 13.0 Å². The summed E-state index contributed by atoms with van der Waals surface area (Å²) < 4.78 is 0. The molecule has 1 heterocycles. The molecule has 0 fully saturated rings. The Labute approximate surface area is 92.1 Å². The Morgan fingerprint density at radius 1 is 1.67 bits per heavy atom. The smallest absolute Gasteiger partial charge is 0.312 e. The van der Waals surface area contributed by atoms with Gasteiger partial charge in [0.1, 0.15) is 0 Å². The monoisotopic (exact) mass is 224 g/mol. The molecular formula is C10H12N2O2S. The maximum absolute atomic E-state index is 10.5. The van der Waals surface area contributed by atoms with Crippen molar-refractivity contribution in [2.24, 2.45) is 5.73 Å². The van der Waals surface area contributed by atoms with Crippen LogP contribution in [0.1, 0.15) is 16.9 Å². The Kier molecular flexibility index (Phi) is 4.68.